The lowest BCUT2D eigenvalue weighted by atomic mass is 10.1. The lowest BCUT2D eigenvalue weighted by Crippen LogP contribution is -2.25. The van der Waals surface area contributed by atoms with Gasteiger partial charge in [-0.3, -0.25) is 9.78 Å². The number of carbonyl (C=O) groups excluding carboxylic acids is 1. The van der Waals surface area contributed by atoms with Gasteiger partial charge in [0.05, 0.1) is 11.1 Å². The summed E-state index contributed by atoms with van der Waals surface area (Å²) in [4.78, 5) is 16.9. The maximum absolute atomic E-state index is 12.6. The zero-order chi connectivity index (χ0) is 19.3. The first kappa shape index (κ1) is 18.9. The van der Waals surface area contributed by atoms with E-state index >= 15 is 0 Å². The first-order valence-electron chi connectivity index (χ1n) is 9.87. The summed E-state index contributed by atoms with van der Waals surface area (Å²) in [5.41, 5.74) is 1.51. The molecule has 1 saturated carbocycles. The normalized spacial score (nSPS) is 14.6. The molecule has 0 radical (unpaired) electrons. The Morgan fingerprint density at radius 3 is 2.86 bits per heavy atom. The van der Waals surface area contributed by atoms with Gasteiger partial charge in [0, 0.05) is 30.6 Å². The summed E-state index contributed by atoms with van der Waals surface area (Å²) in [5, 5.41) is 13.7. The Balaban J connectivity index is 1.37. The Labute approximate surface area is 169 Å². The number of fused-ring (bicyclic) bond motifs is 1. The maximum atomic E-state index is 12.6. The molecular formula is C21H25N5OS. The molecule has 2 heterocycles. The van der Waals surface area contributed by atoms with Crippen LogP contribution in [0.15, 0.2) is 41.7 Å². The van der Waals surface area contributed by atoms with Crippen molar-refractivity contribution in [2.45, 2.75) is 49.7 Å². The highest BCUT2D eigenvalue weighted by Gasteiger charge is 2.23. The van der Waals surface area contributed by atoms with Crippen molar-refractivity contribution in [1.82, 2.24) is 25.1 Å². The molecule has 28 heavy (non-hydrogen) atoms. The summed E-state index contributed by atoms with van der Waals surface area (Å²) in [6.07, 6.45) is 10.4. The summed E-state index contributed by atoms with van der Waals surface area (Å²) < 4.78 is 2.33. The zero-order valence-electron chi connectivity index (χ0n) is 16.1. The first-order valence-corrected chi connectivity index (χ1v) is 11.1. The number of aryl methyl sites for hydroxylation is 1. The fourth-order valence-electron chi connectivity index (χ4n) is 3.98. The lowest BCUT2D eigenvalue weighted by molar-refractivity contribution is 0.0954. The quantitative estimate of drug-likeness (QED) is 0.483. The van der Waals surface area contributed by atoms with Gasteiger partial charge in [-0.1, -0.05) is 42.8 Å². The highest BCUT2D eigenvalue weighted by Crippen LogP contribution is 2.33. The van der Waals surface area contributed by atoms with Gasteiger partial charge in [0.1, 0.15) is 5.82 Å². The molecule has 1 amide bonds. The molecule has 1 fully saturated rings. The Morgan fingerprint density at radius 2 is 2.04 bits per heavy atom. The van der Waals surface area contributed by atoms with Crippen molar-refractivity contribution >= 4 is 28.6 Å². The Bertz CT molecular complexity index is 959. The van der Waals surface area contributed by atoms with Crippen molar-refractivity contribution in [3.05, 3.63) is 47.9 Å². The molecule has 0 saturated heterocycles. The molecule has 1 aliphatic carbocycles. The van der Waals surface area contributed by atoms with Crippen molar-refractivity contribution in [2.24, 2.45) is 0 Å². The summed E-state index contributed by atoms with van der Waals surface area (Å²) in [5.74, 6) is 0.987. The van der Waals surface area contributed by atoms with E-state index in [2.05, 4.69) is 31.3 Å². The summed E-state index contributed by atoms with van der Waals surface area (Å²) >= 11 is 1.66. The molecule has 0 aliphatic heterocycles. The highest BCUT2D eigenvalue weighted by molar-refractivity contribution is 7.98. The van der Waals surface area contributed by atoms with Crippen molar-refractivity contribution in [3.8, 4) is 0 Å². The number of amides is 1. The molecule has 0 bridgehead atoms. The predicted molar refractivity (Wildman–Crippen MR) is 112 cm³/mol. The third-order valence-corrected chi connectivity index (χ3v) is 6.01. The van der Waals surface area contributed by atoms with E-state index in [4.69, 9.17) is 0 Å². The minimum absolute atomic E-state index is 0.0549. The molecule has 2 aromatic heterocycles. The lowest BCUT2D eigenvalue weighted by Gasteiger charge is -2.16. The number of benzene rings is 1. The van der Waals surface area contributed by atoms with Crippen LogP contribution in [0.3, 0.4) is 0 Å². The van der Waals surface area contributed by atoms with Crippen LogP contribution in [0.2, 0.25) is 0 Å². The van der Waals surface area contributed by atoms with Crippen molar-refractivity contribution in [3.63, 3.8) is 0 Å². The molecular weight excluding hydrogens is 370 g/mol. The molecule has 0 atom stereocenters. The number of rotatable bonds is 7. The van der Waals surface area contributed by atoms with E-state index in [1.54, 1.807) is 24.0 Å². The van der Waals surface area contributed by atoms with Gasteiger partial charge in [0.2, 0.25) is 0 Å². The van der Waals surface area contributed by atoms with Crippen LogP contribution in [0.5, 0.6) is 0 Å². The van der Waals surface area contributed by atoms with Gasteiger partial charge in [-0.25, -0.2) is 0 Å². The van der Waals surface area contributed by atoms with E-state index in [9.17, 15) is 4.79 Å². The smallest absolute Gasteiger partial charge is 0.252 e. The monoisotopic (exact) mass is 395 g/mol. The van der Waals surface area contributed by atoms with Gasteiger partial charge in [-0.15, -0.1) is 10.2 Å². The molecule has 1 N–H and O–H groups in total. The Kier molecular flexibility index (Phi) is 5.90. The molecule has 0 spiro atoms. The number of pyridine rings is 1. The molecule has 4 rings (SSSR count). The number of carbonyl (C=O) groups is 1. The largest absolute Gasteiger partial charge is 0.352 e. The van der Waals surface area contributed by atoms with Crippen LogP contribution < -0.4 is 5.32 Å². The number of hydrogen-bond acceptors (Lipinski definition) is 5. The van der Waals surface area contributed by atoms with Crippen molar-refractivity contribution < 1.29 is 4.79 Å². The van der Waals surface area contributed by atoms with E-state index < -0.39 is 0 Å². The number of hydrogen-bond donors (Lipinski definition) is 1. The minimum Gasteiger partial charge on any atom is -0.352 e. The molecule has 7 heteroatoms. The number of nitrogens with one attached hydrogen (secondary N) is 1. The van der Waals surface area contributed by atoms with Gasteiger partial charge in [-0.2, -0.15) is 0 Å². The second kappa shape index (κ2) is 8.73. The zero-order valence-corrected chi connectivity index (χ0v) is 16.9. The second-order valence-electron chi connectivity index (χ2n) is 7.15. The number of thioether (sulfide) groups is 1. The third-order valence-electron chi connectivity index (χ3n) is 5.36. The average molecular weight is 396 g/mol. The van der Waals surface area contributed by atoms with Gasteiger partial charge in [-0.05, 0) is 37.7 Å². The predicted octanol–water partition coefficient (Wildman–Crippen LogP) is 4.03. The highest BCUT2D eigenvalue weighted by atomic mass is 32.2. The van der Waals surface area contributed by atoms with Crippen LogP contribution in [0.25, 0.3) is 10.9 Å². The van der Waals surface area contributed by atoms with E-state index in [-0.39, 0.29) is 5.91 Å². The van der Waals surface area contributed by atoms with E-state index in [1.807, 2.05) is 24.3 Å². The topological polar surface area (TPSA) is 72.7 Å². The fraction of sp³-hybridized carbons (Fsp3) is 0.429. The standard InChI is InChI=1S/C21H25N5OS/c1-28-21-25-24-19(26(21)15-7-2-3-8-15)11-6-13-23-20(27)17-12-14-22-18-10-5-4-9-16(17)18/h4-5,9-10,12,14-15H,2-3,6-8,11,13H2,1H3,(H,23,27). The second-order valence-corrected chi connectivity index (χ2v) is 7.92. The molecule has 0 unspecified atom stereocenters. The average Bonchev–Trinajstić information content (AvgIpc) is 3.39. The van der Waals surface area contributed by atoms with Gasteiger partial charge in [0.25, 0.3) is 5.91 Å². The van der Waals surface area contributed by atoms with Crippen LogP contribution in [-0.2, 0) is 6.42 Å². The molecule has 1 aliphatic rings. The first-order chi connectivity index (χ1) is 13.8. The molecule has 146 valence electrons. The third kappa shape index (κ3) is 3.90. The maximum Gasteiger partial charge on any atom is 0.252 e. The summed E-state index contributed by atoms with van der Waals surface area (Å²) in [7, 11) is 0. The van der Waals surface area contributed by atoms with Crippen LogP contribution in [0.4, 0.5) is 0 Å². The van der Waals surface area contributed by atoms with Crippen LogP contribution in [0.1, 0.15) is 54.3 Å². The molecule has 6 nitrogen and oxygen atoms in total. The number of para-hydroxylation sites is 1. The van der Waals surface area contributed by atoms with Gasteiger partial charge in [0.15, 0.2) is 5.16 Å². The molecule has 1 aromatic carbocycles. The van der Waals surface area contributed by atoms with Gasteiger partial charge >= 0.3 is 0 Å². The van der Waals surface area contributed by atoms with E-state index in [0.29, 0.717) is 18.2 Å². The van der Waals surface area contributed by atoms with Crippen LogP contribution >= 0.6 is 11.8 Å². The van der Waals surface area contributed by atoms with E-state index in [1.165, 1.54) is 25.7 Å². The van der Waals surface area contributed by atoms with Crippen molar-refractivity contribution in [1.29, 1.82) is 0 Å². The summed E-state index contributed by atoms with van der Waals surface area (Å²) in [6.45, 7) is 0.613. The van der Waals surface area contributed by atoms with E-state index in [0.717, 1.165) is 34.7 Å². The van der Waals surface area contributed by atoms with Gasteiger partial charge < -0.3 is 9.88 Å². The number of aromatic nitrogens is 4. The Hall–Kier alpha value is -2.41. The van der Waals surface area contributed by atoms with Crippen molar-refractivity contribution in [2.75, 3.05) is 12.8 Å². The SMILES string of the molecule is CSc1nnc(CCCNC(=O)c2ccnc3ccccc23)n1C1CCCC1. The van der Waals surface area contributed by atoms with Crippen LogP contribution in [0, 0.1) is 0 Å². The Morgan fingerprint density at radius 1 is 1.21 bits per heavy atom. The molecule has 3 aromatic rings. The van der Waals surface area contributed by atoms with Crippen LogP contribution in [-0.4, -0.2) is 38.5 Å². The number of nitrogens with zero attached hydrogens (tertiary/aromatic N) is 4. The minimum atomic E-state index is -0.0549. The fourth-order valence-corrected chi connectivity index (χ4v) is 4.56. The summed E-state index contributed by atoms with van der Waals surface area (Å²) in [6, 6.07) is 10.0.